The first-order chi connectivity index (χ1) is 13.7. The van der Waals surface area contributed by atoms with Crippen molar-refractivity contribution in [1.29, 1.82) is 0 Å². The monoisotopic (exact) mass is 400 g/mol. The van der Waals surface area contributed by atoms with Crippen LogP contribution >= 0.6 is 11.3 Å². The highest BCUT2D eigenvalue weighted by molar-refractivity contribution is 7.13. The molecule has 3 heterocycles. The lowest BCUT2D eigenvalue weighted by Crippen LogP contribution is -2.50. The van der Waals surface area contributed by atoms with E-state index in [1.165, 1.54) is 11.3 Å². The third kappa shape index (κ3) is 3.88. The van der Waals surface area contributed by atoms with Gasteiger partial charge in [-0.25, -0.2) is 4.98 Å². The van der Waals surface area contributed by atoms with E-state index in [0.717, 1.165) is 30.9 Å². The molecule has 148 valence electrons. The Balaban J connectivity index is 1.31. The molecule has 1 aromatic carbocycles. The second-order valence-electron chi connectivity index (χ2n) is 7.13. The molecule has 2 fully saturated rings. The lowest BCUT2D eigenvalue weighted by atomic mass is 10.1. The second-order valence-corrected chi connectivity index (χ2v) is 8.01. The maximum atomic E-state index is 12.9. The highest BCUT2D eigenvalue weighted by Crippen LogP contribution is 2.28. The predicted octanol–water partition coefficient (Wildman–Crippen LogP) is 1.85. The van der Waals surface area contributed by atoms with Crippen molar-refractivity contribution < 1.29 is 14.3 Å². The van der Waals surface area contributed by atoms with Crippen LogP contribution in [0.1, 0.15) is 12.0 Å². The molecule has 2 saturated heterocycles. The number of rotatable bonds is 5. The van der Waals surface area contributed by atoms with Crippen LogP contribution < -0.4 is 9.64 Å². The van der Waals surface area contributed by atoms with E-state index in [9.17, 15) is 9.59 Å². The fourth-order valence-corrected chi connectivity index (χ4v) is 4.53. The molecule has 0 N–H and O–H groups in total. The standard InChI is InChI=1S/C20H24N4O3S/c1-27-17-5-3-2-4-15(17)13-22-7-9-23(10-8-22)19(26)16-12-18(25)24(14-16)20-21-6-11-28-20/h2-6,11,16H,7-10,12-14H2,1H3. The third-order valence-electron chi connectivity index (χ3n) is 5.39. The maximum Gasteiger partial charge on any atom is 0.229 e. The van der Waals surface area contributed by atoms with E-state index in [0.29, 0.717) is 24.8 Å². The van der Waals surface area contributed by atoms with Gasteiger partial charge in [-0.3, -0.25) is 19.4 Å². The van der Waals surface area contributed by atoms with Gasteiger partial charge in [-0.05, 0) is 6.07 Å². The van der Waals surface area contributed by atoms with Crippen molar-refractivity contribution in [2.75, 3.05) is 44.7 Å². The molecule has 0 aliphatic carbocycles. The van der Waals surface area contributed by atoms with Crippen molar-refractivity contribution in [1.82, 2.24) is 14.8 Å². The lowest BCUT2D eigenvalue weighted by Gasteiger charge is -2.36. The van der Waals surface area contributed by atoms with Crippen LogP contribution in [0.2, 0.25) is 0 Å². The Labute approximate surface area is 168 Å². The SMILES string of the molecule is COc1ccccc1CN1CCN(C(=O)C2CC(=O)N(c3nccs3)C2)CC1. The van der Waals surface area contributed by atoms with E-state index >= 15 is 0 Å². The molecule has 1 aromatic heterocycles. The van der Waals surface area contributed by atoms with Gasteiger partial charge < -0.3 is 9.64 Å². The van der Waals surface area contributed by atoms with Crippen molar-refractivity contribution in [3.8, 4) is 5.75 Å². The number of aromatic nitrogens is 1. The molecule has 0 saturated carbocycles. The van der Waals surface area contributed by atoms with Gasteiger partial charge in [-0.15, -0.1) is 11.3 Å². The minimum Gasteiger partial charge on any atom is -0.496 e. The quantitative estimate of drug-likeness (QED) is 0.766. The maximum absolute atomic E-state index is 12.9. The van der Waals surface area contributed by atoms with Gasteiger partial charge in [0.05, 0.1) is 13.0 Å². The highest BCUT2D eigenvalue weighted by atomic mass is 32.1. The summed E-state index contributed by atoms with van der Waals surface area (Å²) < 4.78 is 5.43. The van der Waals surface area contributed by atoms with Crippen LogP contribution in [0, 0.1) is 5.92 Å². The number of hydrogen-bond donors (Lipinski definition) is 0. The first-order valence-electron chi connectivity index (χ1n) is 9.48. The van der Waals surface area contributed by atoms with Gasteiger partial charge in [0.2, 0.25) is 11.8 Å². The van der Waals surface area contributed by atoms with Crippen molar-refractivity contribution >= 4 is 28.3 Å². The molecule has 2 aliphatic heterocycles. The van der Waals surface area contributed by atoms with E-state index in [-0.39, 0.29) is 24.2 Å². The number of anilines is 1. The van der Waals surface area contributed by atoms with E-state index in [1.807, 2.05) is 28.5 Å². The lowest BCUT2D eigenvalue weighted by molar-refractivity contribution is -0.137. The number of piperazine rings is 1. The van der Waals surface area contributed by atoms with Crippen LogP contribution in [0.25, 0.3) is 0 Å². The van der Waals surface area contributed by atoms with Crippen LogP contribution in [-0.4, -0.2) is 66.4 Å². The molecular formula is C20H24N4O3S. The molecular weight excluding hydrogens is 376 g/mol. The Morgan fingerprint density at radius 3 is 2.75 bits per heavy atom. The largest absolute Gasteiger partial charge is 0.496 e. The Hall–Kier alpha value is -2.45. The number of hydrogen-bond acceptors (Lipinski definition) is 6. The summed E-state index contributed by atoms with van der Waals surface area (Å²) in [5.41, 5.74) is 1.16. The number of benzene rings is 1. The molecule has 2 aliphatic rings. The number of carbonyl (C=O) groups excluding carboxylic acids is 2. The van der Waals surface area contributed by atoms with Gasteiger partial charge in [-0.1, -0.05) is 18.2 Å². The normalized spacial score (nSPS) is 20.6. The zero-order valence-corrected chi connectivity index (χ0v) is 16.7. The van der Waals surface area contributed by atoms with Gasteiger partial charge >= 0.3 is 0 Å². The molecule has 0 bridgehead atoms. The van der Waals surface area contributed by atoms with Gasteiger partial charge in [0.15, 0.2) is 5.13 Å². The number of para-hydroxylation sites is 1. The number of carbonyl (C=O) groups is 2. The first-order valence-corrected chi connectivity index (χ1v) is 10.4. The molecule has 7 nitrogen and oxygen atoms in total. The smallest absolute Gasteiger partial charge is 0.229 e. The van der Waals surface area contributed by atoms with E-state index in [2.05, 4.69) is 16.0 Å². The first kappa shape index (κ1) is 18.9. The van der Waals surface area contributed by atoms with Gasteiger partial charge in [0, 0.05) is 62.8 Å². The summed E-state index contributed by atoms with van der Waals surface area (Å²) in [6.45, 7) is 4.27. The molecule has 0 radical (unpaired) electrons. The molecule has 28 heavy (non-hydrogen) atoms. The minimum absolute atomic E-state index is 0.0110. The number of methoxy groups -OCH3 is 1. The van der Waals surface area contributed by atoms with Crippen LogP contribution in [0.4, 0.5) is 5.13 Å². The summed E-state index contributed by atoms with van der Waals surface area (Å²) >= 11 is 1.43. The van der Waals surface area contributed by atoms with Crippen LogP contribution in [-0.2, 0) is 16.1 Å². The summed E-state index contributed by atoms with van der Waals surface area (Å²) in [5.74, 6) is 0.706. The molecule has 2 aromatic rings. The van der Waals surface area contributed by atoms with Gasteiger partial charge in [0.1, 0.15) is 5.75 Å². The van der Waals surface area contributed by atoms with Crippen molar-refractivity contribution in [3.05, 3.63) is 41.4 Å². The fourth-order valence-electron chi connectivity index (χ4n) is 3.87. The van der Waals surface area contributed by atoms with Crippen LogP contribution in [0.5, 0.6) is 5.75 Å². The van der Waals surface area contributed by atoms with Crippen LogP contribution in [0.3, 0.4) is 0 Å². The number of nitrogens with zero attached hydrogens (tertiary/aromatic N) is 4. The molecule has 4 rings (SSSR count). The number of ether oxygens (including phenoxy) is 1. The zero-order valence-electron chi connectivity index (χ0n) is 15.9. The van der Waals surface area contributed by atoms with Gasteiger partial charge in [0.25, 0.3) is 0 Å². The van der Waals surface area contributed by atoms with Gasteiger partial charge in [-0.2, -0.15) is 0 Å². The predicted molar refractivity (Wildman–Crippen MR) is 107 cm³/mol. The molecule has 2 amide bonds. The summed E-state index contributed by atoms with van der Waals surface area (Å²) in [7, 11) is 1.69. The second kappa shape index (κ2) is 8.28. The van der Waals surface area contributed by atoms with Crippen molar-refractivity contribution in [3.63, 3.8) is 0 Å². The number of amides is 2. The Kier molecular flexibility index (Phi) is 5.59. The highest BCUT2D eigenvalue weighted by Gasteiger charge is 2.38. The summed E-state index contributed by atoms with van der Waals surface area (Å²) in [4.78, 5) is 35.3. The van der Waals surface area contributed by atoms with E-state index in [1.54, 1.807) is 18.2 Å². The topological polar surface area (TPSA) is 66.0 Å². The molecule has 1 atom stereocenters. The summed E-state index contributed by atoms with van der Waals surface area (Å²) in [6.07, 6.45) is 1.96. The Bertz CT molecular complexity index is 834. The summed E-state index contributed by atoms with van der Waals surface area (Å²) in [5, 5.41) is 2.53. The average Bonchev–Trinajstić information content (AvgIpc) is 3.38. The van der Waals surface area contributed by atoms with Crippen LogP contribution in [0.15, 0.2) is 35.8 Å². The molecule has 8 heteroatoms. The van der Waals surface area contributed by atoms with E-state index < -0.39 is 0 Å². The minimum atomic E-state index is -0.267. The number of thiazole rings is 1. The third-order valence-corrected chi connectivity index (χ3v) is 6.19. The van der Waals surface area contributed by atoms with Crippen molar-refractivity contribution in [2.45, 2.75) is 13.0 Å². The average molecular weight is 401 g/mol. The molecule has 1 unspecified atom stereocenters. The Morgan fingerprint density at radius 2 is 2.04 bits per heavy atom. The zero-order chi connectivity index (χ0) is 19.5. The molecule has 0 spiro atoms. The Morgan fingerprint density at radius 1 is 1.25 bits per heavy atom. The summed E-state index contributed by atoms with van der Waals surface area (Å²) in [6, 6.07) is 8.04. The van der Waals surface area contributed by atoms with Crippen molar-refractivity contribution in [2.24, 2.45) is 5.92 Å². The van der Waals surface area contributed by atoms with E-state index in [4.69, 9.17) is 4.74 Å². The fraction of sp³-hybridized carbons (Fsp3) is 0.450.